The topological polar surface area (TPSA) is 97.6 Å². The van der Waals surface area contributed by atoms with Crippen LogP contribution in [0.1, 0.15) is 78.9 Å². The molecule has 0 bridgehead atoms. The van der Waals surface area contributed by atoms with E-state index in [1.807, 2.05) is 41.5 Å². The minimum absolute atomic E-state index is 0.0385. The first kappa shape index (κ1) is 22.2. The Morgan fingerprint density at radius 2 is 1.93 bits per heavy atom. The Morgan fingerprint density at radius 3 is 2.54 bits per heavy atom. The van der Waals surface area contributed by atoms with Crippen molar-refractivity contribution in [2.75, 3.05) is 13.1 Å². The molecule has 2 amide bonds. The third-order valence-corrected chi connectivity index (χ3v) is 4.49. The summed E-state index contributed by atoms with van der Waals surface area (Å²) in [6.45, 7) is 12.7. The predicted molar refractivity (Wildman–Crippen MR) is 105 cm³/mol. The highest BCUT2D eigenvalue weighted by molar-refractivity contribution is 5.76. The zero-order valence-corrected chi connectivity index (χ0v) is 18.0. The summed E-state index contributed by atoms with van der Waals surface area (Å²) in [7, 11) is 0. The number of ether oxygens (including phenoxy) is 1. The van der Waals surface area contributed by atoms with E-state index in [-0.39, 0.29) is 29.9 Å². The predicted octanol–water partition coefficient (Wildman–Crippen LogP) is 3.21. The van der Waals surface area contributed by atoms with Crippen LogP contribution in [0.3, 0.4) is 0 Å². The summed E-state index contributed by atoms with van der Waals surface area (Å²) in [5.74, 6) is 1.01. The van der Waals surface area contributed by atoms with E-state index in [0.717, 1.165) is 19.3 Å². The molecule has 0 spiro atoms. The fourth-order valence-corrected chi connectivity index (χ4v) is 2.98. The number of hydrogen-bond acceptors (Lipinski definition) is 6. The van der Waals surface area contributed by atoms with Crippen molar-refractivity contribution in [1.82, 2.24) is 20.4 Å². The summed E-state index contributed by atoms with van der Waals surface area (Å²) >= 11 is 0. The number of hydrogen-bond donors (Lipinski definition) is 1. The normalized spacial score (nSPS) is 18.1. The van der Waals surface area contributed by atoms with Crippen LogP contribution >= 0.6 is 0 Å². The number of nitrogens with zero attached hydrogens (tertiary/aromatic N) is 3. The Balaban J connectivity index is 1.81. The Kier molecular flexibility index (Phi) is 7.06. The van der Waals surface area contributed by atoms with E-state index < -0.39 is 5.60 Å². The maximum absolute atomic E-state index is 12.4. The highest BCUT2D eigenvalue weighted by Gasteiger charge is 2.30. The number of aromatic nitrogens is 2. The molecule has 1 unspecified atom stereocenters. The molecule has 1 saturated heterocycles. The molecule has 1 fully saturated rings. The average molecular weight is 395 g/mol. The zero-order valence-electron chi connectivity index (χ0n) is 18.0. The number of nitrogens with one attached hydrogen (secondary N) is 1. The van der Waals surface area contributed by atoms with E-state index >= 15 is 0 Å². The first-order valence-electron chi connectivity index (χ1n) is 10.0. The molecule has 1 N–H and O–H groups in total. The zero-order chi connectivity index (χ0) is 20.9. The Morgan fingerprint density at radius 1 is 1.21 bits per heavy atom. The molecule has 8 nitrogen and oxygen atoms in total. The third-order valence-electron chi connectivity index (χ3n) is 4.49. The van der Waals surface area contributed by atoms with Gasteiger partial charge in [0.2, 0.25) is 11.8 Å². The molecule has 0 aliphatic carbocycles. The molecule has 1 atom stereocenters. The molecule has 2 heterocycles. The lowest BCUT2D eigenvalue weighted by molar-refractivity contribution is -0.121. The second-order valence-electron chi connectivity index (χ2n) is 9.39. The van der Waals surface area contributed by atoms with E-state index in [2.05, 4.69) is 15.5 Å². The lowest BCUT2D eigenvalue weighted by Crippen LogP contribution is -2.50. The second-order valence-corrected chi connectivity index (χ2v) is 9.39. The molecule has 158 valence electrons. The van der Waals surface area contributed by atoms with Crippen molar-refractivity contribution < 1.29 is 18.8 Å². The minimum Gasteiger partial charge on any atom is -0.444 e. The van der Waals surface area contributed by atoms with Crippen LogP contribution in [0.5, 0.6) is 0 Å². The van der Waals surface area contributed by atoms with Gasteiger partial charge in [-0.15, -0.1) is 0 Å². The molecule has 0 aromatic carbocycles. The maximum Gasteiger partial charge on any atom is 0.410 e. The number of carbonyl (C=O) groups is 2. The van der Waals surface area contributed by atoms with Gasteiger partial charge in [-0.2, -0.15) is 4.98 Å². The fraction of sp³-hybridized carbons (Fsp3) is 0.800. The number of carbonyl (C=O) groups excluding carboxylic acids is 2. The van der Waals surface area contributed by atoms with E-state index in [4.69, 9.17) is 9.26 Å². The van der Waals surface area contributed by atoms with E-state index in [0.29, 0.717) is 31.2 Å². The molecule has 1 aromatic rings. The van der Waals surface area contributed by atoms with Crippen molar-refractivity contribution in [3.05, 3.63) is 11.7 Å². The quantitative estimate of drug-likeness (QED) is 0.823. The molecular formula is C20H34N4O4. The minimum atomic E-state index is -0.529. The Hall–Kier alpha value is -2.12. The lowest BCUT2D eigenvalue weighted by Gasteiger charge is -2.36. The van der Waals surface area contributed by atoms with E-state index in [1.54, 1.807) is 4.90 Å². The van der Waals surface area contributed by atoms with Crippen LogP contribution < -0.4 is 5.32 Å². The van der Waals surface area contributed by atoms with Crippen molar-refractivity contribution in [3.8, 4) is 0 Å². The van der Waals surface area contributed by atoms with Gasteiger partial charge in [0, 0.05) is 31.3 Å². The number of aryl methyl sites for hydroxylation is 1. The van der Waals surface area contributed by atoms with Crippen LogP contribution in [0.4, 0.5) is 4.79 Å². The number of likely N-dealkylation sites (tertiary alicyclic amines) is 1. The van der Waals surface area contributed by atoms with E-state index in [9.17, 15) is 9.59 Å². The summed E-state index contributed by atoms with van der Waals surface area (Å²) < 4.78 is 10.7. The maximum atomic E-state index is 12.4. The van der Waals surface area contributed by atoms with Gasteiger partial charge in [-0.3, -0.25) is 4.79 Å². The largest absolute Gasteiger partial charge is 0.444 e. The fourth-order valence-electron chi connectivity index (χ4n) is 2.98. The van der Waals surface area contributed by atoms with Gasteiger partial charge in [0.1, 0.15) is 5.60 Å². The third kappa shape index (κ3) is 6.80. The van der Waals surface area contributed by atoms with Crippen molar-refractivity contribution in [3.63, 3.8) is 0 Å². The smallest absolute Gasteiger partial charge is 0.410 e. The molecule has 1 aliphatic rings. The standard InChI is InChI=1S/C20H34N4O4/c1-19(2,3)17-22-16(28-23-17)11-10-15(25)21-13-14-9-7-8-12-24(14)18(26)27-20(4,5)6/h14H,7-13H2,1-6H3,(H,21,25). The molecule has 0 radical (unpaired) electrons. The van der Waals surface area contributed by atoms with Crippen molar-refractivity contribution in [2.45, 2.75) is 90.7 Å². The van der Waals surface area contributed by atoms with Crippen molar-refractivity contribution >= 4 is 12.0 Å². The van der Waals surface area contributed by atoms with Gasteiger partial charge >= 0.3 is 6.09 Å². The highest BCUT2D eigenvalue weighted by atomic mass is 16.6. The van der Waals surface area contributed by atoms with Gasteiger partial charge in [-0.25, -0.2) is 4.79 Å². The van der Waals surface area contributed by atoms with Crippen LogP contribution in [-0.4, -0.2) is 51.8 Å². The summed E-state index contributed by atoms with van der Waals surface area (Å²) in [5, 5.41) is 6.90. The molecule has 0 saturated carbocycles. The molecule has 1 aliphatic heterocycles. The summed E-state index contributed by atoms with van der Waals surface area (Å²) in [4.78, 5) is 30.7. The molecular weight excluding hydrogens is 360 g/mol. The second kappa shape index (κ2) is 8.92. The van der Waals surface area contributed by atoms with Crippen LogP contribution in [0.25, 0.3) is 0 Å². The summed E-state index contributed by atoms with van der Waals surface area (Å²) in [6.07, 6.45) is 3.21. The first-order chi connectivity index (χ1) is 13.0. The SMILES string of the molecule is CC(C)(C)OC(=O)N1CCCCC1CNC(=O)CCc1nc(C(C)(C)C)no1. The highest BCUT2D eigenvalue weighted by Crippen LogP contribution is 2.20. The molecule has 1 aromatic heterocycles. The van der Waals surface area contributed by atoms with Crippen LogP contribution in [0.2, 0.25) is 0 Å². The van der Waals surface area contributed by atoms with Gasteiger partial charge in [-0.05, 0) is 40.0 Å². The number of amides is 2. The molecule has 2 rings (SSSR count). The van der Waals surface area contributed by atoms with Crippen molar-refractivity contribution in [1.29, 1.82) is 0 Å². The van der Waals surface area contributed by atoms with Crippen molar-refractivity contribution in [2.24, 2.45) is 0 Å². The number of rotatable bonds is 5. The summed E-state index contributed by atoms with van der Waals surface area (Å²) in [6, 6.07) is -0.0385. The average Bonchev–Trinajstić information content (AvgIpc) is 3.06. The van der Waals surface area contributed by atoms with Gasteiger partial charge in [0.25, 0.3) is 0 Å². The Labute approximate surface area is 167 Å². The Bertz CT molecular complexity index is 672. The van der Waals surface area contributed by atoms with Gasteiger partial charge < -0.3 is 19.5 Å². The van der Waals surface area contributed by atoms with Crippen LogP contribution in [-0.2, 0) is 21.4 Å². The van der Waals surface area contributed by atoms with Gasteiger partial charge in [-0.1, -0.05) is 25.9 Å². The van der Waals surface area contributed by atoms with Crippen LogP contribution in [0.15, 0.2) is 4.52 Å². The monoisotopic (exact) mass is 394 g/mol. The first-order valence-corrected chi connectivity index (χ1v) is 10.0. The molecule has 28 heavy (non-hydrogen) atoms. The molecule has 8 heteroatoms. The van der Waals surface area contributed by atoms with Crippen LogP contribution in [0, 0.1) is 0 Å². The number of piperidine rings is 1. The van der Waals surface area contributed by atoms with E-state index in [1.165, 1.54) is 0 Å². The van der Waals surface area contributed by atoms with Gasteiger partial charge in [0.15, 0.2) is 5.82 Å². The lowest BCUT2D eigenvalue weighted by atomic mass is 9.96. The summed E-state index contributed by atoms with van der Waals surface area (Å²) in [5.41, 5.74) is -0.714. The van der Waals surface area contributed by atoms with Gasteiger partial charge in [0.05, 0.1) is 6.04 Å².